The quantitative estimate of drug-likeness (QED) is 0.599. The normalized spacial score (nSPS) is 14.6. The number of hydrogen-bond acceptors (Lipinski definition) is 7. The summed E-state index contributed by atoms with van der Waals surface area (Å²) in [5.74, 6) is -0.778. The Hall–Kier alpha value is -3.15. The lowest BCUT2D eigenvalue weighted by Crippen LogP contribution is -2.40. The number of ether oxygens (including phenoxy) is 3. The molecule has 32 heavy (non-hydrogen) atoms. The van der Waals surface area contributed by atoms with Gasteiger partial charge in [-0.2, -0.15) is 4.31 Å². The molecule has 3 N–H and O–H groups in total. The third-order valence-electron chi connectivity index (χ3n) is 4.81. The number of methoxy groups -OCH3 is 1. The Morgan fingerprint density at radius 3 is 2.50 bits per heavy atom. The van der Waals surface area contributed by atoms with E-state index in [4.69, 9.17) is 19.9 Å². The van der Waals surface area contributed by atoms with Gasteiger partial charge in [-0.3, -0.25) is 9.59 Å². The molecule has 0 bridgehead atoms. The topological polar surface area (TPSA) is 137 Å². The van der Waals surface area contributed by atoms with Crippen LogP contribution in [0.15, 0.2) is 41.3 Å². The molecular formula is C21H25N3O7S. The molecule has 0 atom stereocenters. The van der Waals surface area contributed by atoms with Crippen molar-refractivity contribution in [2.75, 3.05) is 45.3 Å². The van der Waals surface area contributed by atoms with Gasteiger partial charge in [0, 0.05) is 13.1 Å². The zero-order valence-electron chi connectivity index (χ0n) is 17.8. The van der Waals surface area contributed by atoms with E-state index in [-0.39, 0.29) is 40.7 Å². The summed E-state index contributed by atoms with van der Waals surface area (Å²) in [6.07, 6.45) is 0. The second kappa shape index (κ2) is 9.98. The van der Waals surface area contributed by atoms with Gasteiger partial charge in [0.15, 0.2) is 6.61 Å². The van der Waals surface area contributed by atoms with Crippen LogP contribution in [0, 0.1) is 6.92 Å². The molecule has 2 aromatic rings. The number of benzene rings is 2. The van der Waals surface area contributed by atoms with Gasteiger partial charge in [-0.1, -0.05) is 6.07 Å². The third kappa shape index (κ3) is 5.36. The molecule has 0 spiro atoms. The van der Waals surface area contributed by atoms with Gasteiger partial charge < -0.3 is 25.3 Å². The summed E-state index contributed by atoms with van der Waals surface area (Å²) >= 11 is 0. The second-order valence-electron chi connectivity index (χ2n) is 7.08. The highest BCUT2D eigenvalue weighted by molar-refractivity contribution is 7.89. The number of aryl methyl sites for hydroxylation is 1. The number of sulfonamides is 1. The van der Waals surface area contributed by atoms with Crippen molar-refractivity contribution in [3.63, 3.8) is 0 Å². The summed E-state index contributed by atoms with van der Waals surface area (Å²) in [4.78, 5) is 24.1. The fraction of sp³-hybridized carbons (Fsp3) is 0.333. The number of nitrogens with two attached hydrogens (primary N) is 1. The Balaban J connectivity index is 1.76. The number of anilines is 1. The summed E-state index contributed by atoms with van der Waals surface area (Å²) in [7, 11) is -2.35. The maximum atomic E-state index is 12.9. The van der Waals surface area contributed by atoms with E-state index >= 15 is 0 Å². The highest BCUT2D eigenvalue weighted by atomic mass is 32.2. The first-order valence-electron chi connectivity index (χ1n) is 9.81. The van der Waals surface area contributed by atoms with Gasteiger partial charge in [-0.25, -0.2) is 8.42 Å². The molecule has 0 unspecified atom stereocenters. The van der Waals surface area contributed by atoms with Gasteiger partial charge in [0.05, 0.1) is 36.5 Å². The monoisotopic (exact) mass is 463 g/mol. The van der Waals surface area contributed by atoms with Crippen LogP contribution in [0.25, 0.3) is 0 Å². The minimum Gasteiger partial charge on any atom is -0.495 e. The maximum Gasteiger partial charge on any atom is 0.262 e. The molecule has 2 amide bonds. The first-order chi connectivity index (χ1) is 15.2. The molecular weight excluding hydrogens is 438 g/mol. The maximum absolute atomic E-state index is 12.9. The zero-order valence-corrected chi connectivity index (χ0v) is 18.6. The third-order valence-corrected chi connectivity index (χ3v) is 6.71. The number of amides is 2. The van der Waals surface area contributed by atoms with Crippen LogP contribution in [0.4, 0.5) is 5.69 Å². The zero-order chi connectivity index (χ0) is 23.3. The van der Waals surface area contributed by atoms with E-state index in [0.717, 1.165) is 5.56 Å². The Morgan fingerprint density at radius 1 is 1.12 bits per heavy atom. The second-order valence-corrected chi connectivity index (χ2v) is 9.02. The molecule has 0 radical (unpaired) electrons. The average molecular weight is 464 g/mol. The van der Waals surface area contributed by atoms with Crippen molar-refractivity contribution in [1.29, 1.82) is 0 Å². The number of hydrogen-bond donors (Lipinski definition) is 2. The first-order valence-corrected chi connectivity index (χ1v) is 11.3. The van der Waals surface area contributed by atoms with Gasteiger partial charge in [-0.05, 0) is 42.8 Å². The van der Waals surface area contributed by atoms with Crippen molar-refractivity contribution in [3.8, 4) is 11.5 Å². The molecule has 10 nitrogen and oxygen atoms in total. The van der Waals surface area contributed by atoms with Crippen LogP contribution in [0.1, 0.15) is 15.9 Å². The van der Waals surface area contributed by atoms with E-state index in [9.17, 15) is 18.0 Å². The number of rotatable bonds is 8. The van der Waals surface area contributed by atoms with Crippen LogP contribution in [-0.4, -0.2) is 64.6 Å². The van der Waals surface area contributed by atoms with E-state index in [2.05, 4.69) is 5.32 Å². The summed E-state index contributed by atoms with van der Waals surface area (Å²) in [5.41, 5.74) is 6.50. The summed E-state index contributed by atoms with van der Waals surface area (Å²) < 4.78 is 43.1. The predicted octanol–water partition coefficient (Wildman–Crippen LogP) is 1.14. The predicted molar refractivity (Wildman–Crippen MR) is 116 cm³/mol. The van der Waals surface area contributed by atoms with Crippen LogP contribution < -0.4 is 20.5 Å². The molecule has 0 aliphatic carbocycles. The molecule has 1 aliphatic heterocycles. The lowest BCUT2D eigenvalue weighted by Gasteiger charge is -2.26. The molecule has 1 aliphatic rings. The molecule has 0 saturated carbocycles. The van der Waals surface area contributed by atoms with Crippen molar-refractivity contribution in [3.05, 3.63) is 47.5 Å². The van der Waals surface area contributed by atoms with Gasteiger partial charge in [-0.15, -0.1) is 0 Å². The molecule has 1 saturated heterocycles. The highest BCUT2D eigenvalue weighted by Crippen LogP contribution is 2.29. The van der Waals surface area contributed by atoms with E-state index in [1.807, 2.05) is 6.92 Å². The van der Waals surface area contributed by atoms with Crippen LogP contribution in [0.5, 0.6) is 11.5 Å². The fourth-order valence-electron chi connectivity index (χ4n) is 3.16. The van der Waals surface area contributed by atoms with E-state index < -0.39 is 28.4 Å². The SMILES string of the molecule is COc1ccc(S(=O)(=O)N2CCOCC2)cc1NC(=O)COc1cc(C)ccc1C(N)=O. The molecule has 11 heteroatoms. The van der Waals surface area contributed by atoms with Crippen molar-refractivity contribution >= 4 is 27.5 Å². The smallest absolute Gasteiger partial charge is 0.262 e. The van der Waals surface area contributed by atoms with Crippen molar-refractivity contribution in [2.45, 2.75) is 11.8 Å². The number of nitrogens with one attached hydrogen (secondary N) is 1. The minimum atomic E-state index is -3.76. The Labute approximate surface area is 186 Å². The number of primary amides is 1. The average Bonchev–Trinajstić information content (AvgIpc) is 2.78. The van der Waals surface area contributed by atoms with Crippen molar-refractivity contribution in [1.82, 2.24) is 4.31 Å². The highest BCUT2D eigenvalue weighted by Gasteiger charge is 2.27. The lowest BCUT2D eigenvalue weighted by atomic mass is 10.1. The molecule has 1 heterocycles. The van der Waals surface area contributed by atoms with Crippen LogP contribution in [0.2, 0.25) is 0 Å². The molecule has 1 fully saturated rings. The largest absolute Gasteiger partial charge is 0.495 e. The summed E-state index contributed by atoms with van der Waals surface area (Å²) in [6, 6.07) is 9.05. The van der Waals surface area contributed by atoms with Crippen molar-refractivity contribution in [2.24, 2.45) is 5.73 Å². The minimum absolute atomic E-state index is 0.0196. The standard InChI is InChI=1S/C21H25N3O7S/c1-14-3-5-16(21(22)26)19(11-14)31-13-20(25)23-17-12-15(4-6-18(17)29-2)32(27,28)24-7-9-30-10-8-24/h3-6,11-12H,7-10,13H2,1-2H3,(H2,22,26)(H,23,25). The fourth-order valence-corrected chi connectivity index (χ4v) is 4.60. The number of morpholine rings is 1. The van der Waals surface area contributed by atoms with E-state index in [0.29, 0.717) is 13.2 Å². The van der Waals surface area contributed by atoms with Gasteiger partial charge in [0.25, 0.3) is 11.8 Å². The Morgan fingerprint density at radius 2 is 1.84 bits per heavy atom. The number of carbonyl (C=O) groups is 2. The molecule has 172 valence electrons. The van der Waals surface area contributed by atoms with Crippen LogP contribution >= 0.6 is 0 Å². The molecule has 3 rings (SSSR count). The van der Waals surface area contributed by atoms with E-state index in [1.54, 1.807) is 12.1 Å². The molecule has 2 aromatic carbocycles. The Bertz CT molecular complexity index is 1110. The van der Waals surface area contributed by atoms with E-state index in [1.165, 1.54) is 35.7 Å². The Kier molecular flexibility index (Phi) is 7.33. The lowest BCUT2D eigenvalue weighted by molar-refractivity contribution is -0.118. The van der Waals surface area contributed by atoms with Crippen LogP contribution in [0.3, 0.4) is 0 Å². The van der Waals surface area contributed by atoms with Gasteiger partial charge >= 0.3 is 0 Å². The van der Waals surface area contributed by atoms with Gasteiger partial charge in [0.2, 0.25) is 10.0 Å². The number of nitrogens with zero attached hydrogens (tertiary/aromatic N) is 1. The van der Waals surface area contributed by atoms with Crippen molar-refractivity contribution < 1.29 is 32.2 Å². The van der Waals surface area contributed by atoms with Gasteiger partial charge in [0.1, 0.15) is 11.5 Å². The summed E-state index contributed by atoms with van der Waals surface area (Å²) in [6.45, 7) is 2.53. The first kappa shape index (κ1) is 23.5. The van der Waals surface area contributed by atoms with Crippen LogP contribution in [-0.2, 0) is 19.6 Å². The number of carbonyl (C=O) groups excluding carboxylic acids is 2. The summed E-state index contributed by atoms with van der Waals surface area (Å²) in [5, 5.41) is 2.60. The molecule has 0 aromatic heterocycles.